The van der Waals surface area contributed by atoms with E-state index in [-0.39, 0.29) is 39.9 Å². The van der Waals surface area contributed by atoms with Crippen LogP contribution >= 0.6 is 11.6 Å². The molecule has 5 rings (SSSR count). The minimum absolute atomic E-state index is 0.00945. The van der Waals surface area contributed by atoms with E-state index < -0.39 is 17.3 Å². The second-order valence-electron chi connectivity index (χ2n) is 8.98. The van der Waals surface area contributed by atoms with Gasteiger partial charge >= 0.3 is 6.18 Å². The van der Waals surface area contributed by atoms with E-state index in [0.29, 0.717) is 22.2 Å². The molecule has 0 spiro atoms. The van der Waals surface area contributed by atoms with Crippen LogP contribution in [0.2, 0.25) is 5.02 Å². The van der Waals surface area contributed by atoms with Crippen LogP contribution in [0, 0.1) is 11.3 Å². The lowest BCUT2D eigenvalue weighted by Gasteiger charge is -2.15. The van der Waals surface area contributed by atoms with Crippen LogP contribution in [0.15, 0.2) is 94.8 Å². The number of hydrogen-bond donors (Lipinski definition) is 0. The van der Waals surface area contributed by atoms with Crippen molar-refractivity contribution in [1.29, 1.82) is 5.26 Å². The molecule has 0 aliphatic heterocycles. The molecule has 1 aromatic heterocycles. The third-order valence-electron chi connectivity index (χ3n) is 6.29. The van der Waals surface area contributed by atoms with Gasteiger partial charge in [0.2, 0.25) is 0 Å². The van der Waals surface area contributed by atoms with Gasteiger partial charge in [0.25, 0.3) is 5.56 Å². The quantitative estimate of drug-likeness (QED) is 0.190. The zero-order valence-corrected chi connectivity index (χ0v) is 22.6. The fourth-order valence-electron chi connectivity index (χ4n) is 4.27. The number of hydrogen-bond acceptors (Lipinski definition) is 6. The van der Waals surface area contributed by atoms with Gasteiger partial charge in [0.1, 0.15) is 6.61 Å². The summed E-state index contributed by atoms with van der Waals surface area (Å²) in [6.07, 6.45) is -3.32. The predicted octanol–water partition coefficient (Wildman–Crippen LogP) is 7.08. The maximum absolute atomic E-state index is 13.6. The molecule has 0 aliphatic rings. The van der Waals surface area contributed by atoms with Crippen molar-refractivity contribution in [1.82, 2.24) is 9.66 Å². The summed E-state index contributed by atoms with van der Waals surface area (Å²) in [5.74, 6) is 0.391. The standard InChI is InChI=1S/C31H20ClF3N4O3/c1-41-27-15-24(32)14-22(28(27)42-18-21-8-3-2-7-20(21)16-36)17-37-39-29(19-9-6-10-23(13-19)31(33,34)35)38-26-12-5-4-11-25(26)30(39)40/h2-15,17H,18H2,1H3. The maximum Gasteiger partial charge on any atom is 0.416 e. The van der Waals surface area contributed by atoms with Gasteiger partial charge in [0.15, 0.2) is 17.3 Å². The van der Waals surface area contributed by atoms with Crippen molar-refractivity contribution in [3.63, 3.8) is 0 Å². The number of nitrogens with zero attached hydrogens (tertiary/aromatic N) is 4. The van der Waals surface area contributed by atoms with Crippen molar-refractivity contribution < 1.29 is 22.6 Å². The fraction of sp³-hybridized carbons (Fsp3) is 0.0968. The summed E-state index contributed by atoms with van der Waals surface area (Å²) in [4.78, 5) is 18.0. The Morgan fingerprint density at radius 2 is 1.81 bits per heavy atom. The Morgan fingerprint density at radius 1 is 1.05 bits per heavy atom. The molecule has 210 valence electrons. The molecule has 4 aromatic carbocycles. The summed E-state index contributed by atoms with van der Waals surface area (Å²) >= 11 is 6.32. The first-order valence-corrected chi connectivity index (χ1v) is 12.8. The summed E-state index contributed by atoms with van der Waals surface area (Å²) in [6.45, 7) is 0.00945. The molecule has 5 aromatic rings. The van der Waals surface area contributed by atoms with Crippen LogP contribution < -0.4 is 15.0 Å². The SMILES string of the molecule is COc1cc(Cl)cc(C=Nn2c(-c3cccc(C(F)(F)F)c3)nc3ccccc3c2=O)c1OCc1ccccc1C#N. The Balaban J connectivity index is 1.64. The van der Waals surface area contributed by atoms with Crippen LogP contribution in [0.5, 0.6) is 11.5 Å². The lowest BCUT2D eigenvalue weighted by Crippen LogP contribution is -2.20. The molecule has 0 amide bonds. The van der Waals surface area contributed by atoms with E-state index in [4.69, 9.17) is 21.1 Å². The van der Waals surface area contributed by atoms with Gasteiger partial charge in [-0.2, -0.15) is 28.2 Å². The monoisotopic (exact) mass is 588 g/mol. The number of methoxy groups -OCH3 is 1. The van der Waals surface area contributed by atoms with E-state index >= 15 is 0 Å². The smallest absolute Gasteiger partial charge is 0.416 e. The van der Waals surface area contributed by atoms with E-state index in [9.17, 15) is 23.2 Å². The summed E-state index contributed by atoms with van der Waals surface area (Å²) < 4.78 is 53.0. The first-order chi connectivity index (χ1) is 20.2. The number of halogens is 4. The van der Waals surface area contributed by atoms with E-state index in [1.165, 1.54) is 37.6 Å². The summed E-state index contributed by atoms with van der Waals surface area (Å²) in [5.41, 5.74) is 0.212. The van der Waals surface area contributed by atoms with Crippen LogP contribution in [-0.2, 0) is 12.8 Å². The van der Waals surface area contributed by atoms with E-state index in [2.05, 4.69) is 16.2 Å². The molecular formula is C31H20ClF3N4O3. The van der Waals surface area contributed by atoms with E-state index in [1.54, 1.807) is 48.5 Å². The summed E-state index contributed by atoms with van der Waals surface area (Å²) in [7, 11) is 1.42. The van der Waals surface area contributed by atoms with Gasteiger partial charge in [0, 0.05) is 27.8 Å². The lowest BCUT2D eigenvalue weighted by molar-refractivity contribution is -0.137. The topological polar surface area (TPSA) is 89.5 Å². The number of benzene rings is 4. The van der Waals surface area contributed by atoms with Crippen molar-refractivity contribution in [2.75, 3.05) is 7.11 Å². The number of rotatable bonds is 7. The van der Waals surface area contributed by atoms with Crippen molar-refractivity contribution in [2.45, 2.75) is 12.8 Å². The van der Waals surface area contributed by atoms with Gasteiger partial charge in [-0.3, -0.25) is 4.79 Å². The molecule has 0 radical (unpaired) electrons. The van der Waals surface area contributed by atoms with Crippen LogP contribution in [0.25, 0.3) is 22.3 Å². The maximum atomic E-state index is 13.6. The second kappa shape index (κ2) is 11.8. The average Bonchev–Trinajstić information content (AvgIpc) is 2.99. The third-order valence-corrected chi connectivity index (χ3v) is 6.51. The fourth-order valence-corrected chi connectivity index (χ4v) is 4.48. The molecule has 7 nitrogen and oxygen atoms in total. The highest BCUT2D eigenvalue weighted by atomic mass is 35.5. The van der Waals surface area contributed by atoms with Gasteiger partial charge < -0.3 is 9.47 Å². The molecule has 0 saturated heterocycles. The number of alkyl halides is 3. The molecule has 0 fully saturated rings. The lowest BCUT2D eigenvalue weighted by atomic mass is 10.1. The summed E-state index contributed by atoms with van der Waals surface area (Å²) in [6, 6.07) is 23.1. The average molecular weight is 589 g/mol. The number of ether oxygens (including phenoxy) is 2. The van der Waals surface area contributed by atoms with Gasteiger partial charge in [-0.15, -0.1) is 0 Å². The molecule has 0 bridgehead atoms. The Hall–Kier alpha value is -5.14. The first kappa shape index (κ1) is 28.4. The third kappa shape index (κ3) is 5.82. The van der Waals surface area contributed by atoms with Crippen LogP contribution in [-0.4, -0.2) is 23.0 Å². The molecule has 11 heteroatoms. The largest absolute Gasteiger partial charge is 0.493 e. The van der Waals surface area contributed by atoms with Crippen molar-refractivity contribution in [3.05, 3.63) is 123 Å². The second-order valence-corrected chi connectivity index (χ2v) is 9.41. The molecule has 0 aliphatic carbocycles. The minimum atomic E-state index is -4.60. The first-order valence-electron chi connectivity index (χ1n) is 12.4. The highest BCUT2D eigenvalue weighted by molar-refractivity contribution is 6.31. The molecule has 42 heavy (non-hydrogen) atoms. The molecule has 0 saturated carbocycles. The van der Waals surface area contributed by atoms with Crippen LogP contribution in [0.1, 0.15) is 22.3 Å². The van der Waals surface area contributed by atoms with Crippen molar-refractivity contribution in [2.24, 2.45) is 5.10 Å². The zero-order chi connectivity index (χ0) is 29.9. The Labute approximate surface area is 242 Å². The molecule has 0 N–H and O–H groups in total. The number of fused-ring (bicyclic) bond motifs is 1. The van der Waals surface area contributed by atoms with Gasteiger partial charge in [-0.1, -0.05) is 54.1 Å². The van der Waals surface area contributed by atoms with E-state index in [0.717, 1.165) is 16.8 Å². The van der Waals surface area contributed by atoms with Gasteiger partial charge in [-0.05, 0) is 36.4 Å². The number of aromatic nitrogens is 2. The molecular weight excluding hydrogens is 569 g/mol. The van der Waals surface area contributed by atoms with Crippen molar-refractivity contribution >= 4 is 28.7 Å². The van der Waals surface area contributed by atoms with Crippen LogP contribution in [0.4, 0.5) is 13.2 Å². The van der Waals surface area contributed by atoms with Crippen molar-refractivity contribution in [3.8, 4) is 29.0 Å². The van der Waals surface area contributed by atoms with Crippen LogP contribution in [0.3, 0.4) is 0 Å². The predicted molar refractivity (Wildman–Crippen MR) is 153 cm³/mol. The normalized spacial score (nSPS) is 11.5. The number of para-hydroxylation sites is 1. The molecule has 1 heterocycles. The highest BCUT2D eigenvalue weighted by Crippen LogP contribution is 2.35. The summed E-state index contributed by atoms with van der Waals surface area (Å²) in [5, 5.41) is 14.3. The Morgan fingerprint density at radius 3 is 2.57 bits per heavy atom. The Bertz CT molecular complexity index is 1930. The van der Waals surface area contributed by atoms with Gasteiger partial charge in [0.05, 0.1) is 41.4 Å². The molecule has 0 unspecified atom stereocenters. The van der Waals surface area contributed by atoms with E-state index in [1.807, 2.05) is 0 Å². The number of nitriles is 1. The van der Waals surface area contributed by atoms with Gasteiger partial charge in [-0.25, -0.2) is 4.98 Å². The Kier molecular flexibility index (Phi) is 7.95. The highest BCUT2D eigenvalue weighted by Gasteiger charge is 2.31. The molecule has 0 atom stereocenters. The minimum Gasteiger partial charge on any atom is -0.493 e. The zero-order valence-electron chi connectivity index (χ0n) is 21.9.